The van der Waals surface area contributed by atoms with Gasteiger partial charge in [0, 0.05) is 16.6 Å². The highest BCUT2D eigenvalue weighted by molar-refractivity contribution is 8.08. The molecule has 1 heterocycles. The molecule has 1 unspecified atom stereocenters. The van der Waals surface area contributed by atoms with E-state index in [1.807, 2.05) is 25.1 Å². The smallest absolute Gasteiger partial charge is 0.335 e. The molecule has 0 saturated carbocycles. The largest absolute Gasteiger partial charge is 0.463 e. The summed E-state index contributed by atoms with van der Waals surface area (Å²) in [5.41, 5.74) is 4.50. The first-order valence-corrected chi connectivity index (χ1v) is 10.1. The van der Waals surface area contributed by atoms with E-state index >= 15 is 0 Å². The number of hydrogen-bond acceptors (Lipinski definition) is 3. The third-order valence-corrected chi connectivity index (χ3v) is 5.94. The highest BCUT2D eigenvalue weighted by Crippen LogP contribution is 2.47. The van der Waals surface area contributed by atoms with E-state index in [0.717, 1.165) is 21.8 Å². The van der Waals surface area contributed by atoms with Crippen LogP contribution in [0.1, 0.15) is 50.3 Å². The number of thioether (sulfide) groups is 1. The first-order valence-electron chi connectivity index (χ1n) is 9.11. The van der Waals surface area contributed by atoms with Gasteiger partial charge in [0.1, 0.15) is 0 Å². The fraction of sp³-hybridized carbons (Fsp3) is 0.348. The molecule has 0 N–H and O–H groups in total. The summed E-state index contributed by atoms with van der Waals surface area (Å²) in [6, 6.07) is 18.8. The van der Waals surface area contributed by atoms with Crippen LogP contribution in [-0.4, -0.2) is 18.3 Å². The summed E-state index contributed by atoms with van der Waals surface area (Å²) < 4.78 is 5.40. The van der Waals surface area contributed by atoms with Gasteiger partial charge in [0.15, 0.2) is 0 Å². The average Bonchev–Trinajstić information content (AvgIpc) is 3.07. The topological polar surface area (TPSA) is 26.3 Å². The number of benzene rings is 2. The molecule has 2 aromatic rings. The first kappa shape index (κ1) is 18.8. The van der Waals surface area contributed by atoms with Crippen molar-refractivity contribution in [3.63, 3.8) is 0 Å². The summed E-state index contributed by atoms with van der Waals surface area (Å²) in [7, 11) is 0. The molecule has 0 fully saturated rings. The second-order valence-corrected chi connectivity index (χ2v) is 8.60. The molecule has 0 spiro atoms. The van der Waals surface area contributed by atoms with Gasteiger partial charge in [-0.25, -0.2) is 4.79 Å². The molecule has 0 aromatic heterocycles. The quantitative estimate of drug-likeness (QED) is 0.641. The summed E-state index contributed by atoms with van der Waals surface area (Å²) >= 11 is 1.75. The SMILES string of the molecule is CCOC(=O)C1=C(c2ccccc2)SCC1c1ccc(C(C)(C)C)cc1. The van der Waals surface area contributed by atoms with Gasteiger partial charge in [-0.15, -0.1) is 11.8 Å². The Morgan fingerprint density at radius 1 is 1.08 bits per heavy atom. The van der Waals surface area contributed by atoms with E-state index in [2.05, 4.69) is 57.2 Å². The van der Waals surface area contributed by atoms with Gasteiger partial charge in [-0.1, -0.05) is 75.4 Å². The van der Waals surface area contributed by atoms with Crippen LogP contribution in [0.2, 0.25) is 0 Å². The van der Waals surface area contributed by atoms with Crippen molar-refractivity contribution in [1.29, 1.82) is 0 Å². The minimum absolute atomic E-state index is 0.0725. The number of rotatable bonds is 4. The van der Waals surface area contributed by atoms with Crippen LogP contribution in [0.3, 0.4) is 0 Å². The van der Waals surface area contributed by atoms with Crippen molar-refractivity contribution in [2.45, 2.75) is 39.0 Å². The lowest BCUT2D eigenvalue weighted by atomic mass is 9.84. The fourth-order valence-electron chi connectivity index (χ4n) is 3.24. The molecule has 2 aromatic carbocycles. The van der Waals surface area contributed by atoms with E-state index in [0.29, 0.717) is 6.61 Å². The van der Waals surface area contributed by atoms with Crippen LogP contribution in [0.5, 0.6) is 0 Å². The van der Waals surface area contributed by atoms with Crippen molar-refractivity contribution in [2.24, 2.45) is 0 Å². The van der Waals surface area contributed by atoms with Crippen LogP contribution in [0, 0.1) is 0 Å². The van der Waals surface area contributed by atoms with E-state index in [4.69, 9.17) is 4.74 Å². The summed E-state index contributed by atoms with van der Waals surface area (Å²) in [6.07, 6.45) is 0. The molecule has 0 radical (unpaired) electrons. The maximum atomic E-state index is 12.7. The van der Waals surface area contributed by atoms with E-state index < -0.39 is 0 Å². The minimum Gasteiger partial charge on any atom is -0.463 e. The second kappa shape index (κ2) is 7.71. The fourth-order valence-corrected chi connectivity index (χ4v) is 4.61. The molecule has 1 aliphatic rings. The Bertz CT molecular complexity index is 798. The molecule has 0 aliphatic carbocycles. The number of ether oxygens (including phenoxy) is 1. The third-order valence-electron chi connectivity index (χ3n) is 4.70. The summed E-state index contributed by atoms with van der Waals surface area (Å²) in [5, 5.41) is 0. The molecular formula is C23H26O2S. The summed E-state index contributed by atoms with van der Waals surface area (Å²) in [6.45, 7) is 8.89. The summed E-state index contributed by atoms with van der Waals surface area (Å²) in [4.78, 5) is 13.8. The Kier molecular flexibility index (Phi) is 5.57. The molecule has 136 valence electrons. The number of carbonyl (C=O) groups excluding carboxylic acids is 1. The molecule has 2 nitrogen and oxygen atoms in total. The van der Waals surface area contributed by atoms with E-state index in [1.54, 1.807) is 11.8 Å². The average molecular weight is 367 g/mol. The van der Waals surface area contributed by atoms with Crippen molar-refractivity contribution in [3.8, 4) is 0 Å². The van der Waals surface area contributed by atoms with Gasteiger partial charge >= 0.3 is 5.97 Å². The highest BCUT2D eigenvalue weighted by atomic mass is 32.2. The lowest BCUT2D eigenvalue weighted by molar-refractivity contribution is -0.138. The predicted octanol–water partition coefficient (Wildman–Crippen LogP) is 5.79. The second-order valence-electron chi connectivity index (χ2n) is 7.56. The van der Waals surface area contributed by atoms with E-state index in [9.17, 15) is 4.79 Å². The van der Waals surface area contributed by atoms with Crippen molar-refractivity contribution in [3.05, 3.63) is 76.9 Å². The summed E-state index contributed by atoms with van der Waals surface area (Å²) in [5.74, 6) is 0.747. The maximum absolute atomic E-state index is 12.7. The lowest BCUT2D eigenvalue weighted by Crippen LogP contribution is -2.15. The molecule has 0 saturated heterocycles. The number of carbonyl (C=O) groups is 1. The van der Waals surface area contributed by atoms with Crippen LogP contribution in [0.25, 0.3) is 4.91 Å². The van der Waals surface area contributed by atoms with Crippen molar-refractivity contribution in [2.75, 3.05) is 12.4 Å². The van der Waals surface area contributed by atoms with Gasteiger partial charge in [0.05, 0.1) is 12.2 Å². The molecule has 3 rings (SSSR count). The Balaban J connectivity index is 2.01. The highest BCUT2D eigenvalue weighted by Gasteiger charge is 2.34. The number of esters is 1. The standard InChI is InChI=1S/C23H26O2S/c1-5-25-22(24)20-19(15-26-21(20)17-9-7-6-8-10-17)16-11-13-18(14-12-16)23(2,3)4/h6-14,19H,5,15H2,1-4H3. The van der Waals surface area contributed by atoms with Gasteiger partial charge in [-0.05, 0) is 29.0 Å². The molecule has 1 atom stereocenters. The van der Waals surface area contributed by atoms with Crippen molar-refractivity contribution < 1.29 is 9.53 Å². The van der Waals surface area contributed by atoms with Gasteiger partial charge in [0.2, 0.25) is 0 Å². The Labute approximate surface area is 160 Å². The molecular weight excluding hydrogens is 340 g/mol. The molecule has 26 heavy (non-hydrogen) atoms. The van der Waals surface area contributed by atoms with Crippen LogP contribution in [0.15, 0.2) is 60.2 Å². The Morgan fingerprint density at radius 2 is 1.73 bits per heavy atom. The lowest BCUT2D eigenvalue weighted by Gasteiger charge is -2.20. The monoisotopic (exact) mass is 366 g/mol. The Morgan fingerprint density at radius 3 is 2.31 bits per heavy atom. The van der Waals surface area contributed by atoms with Crippen molar-refractivity contribution >= 4 is 22.6 Å². The molecule has 1 aliphatic heterocycles. The normalized spacial score (nSPS) is 17.5. The van der Waals surface area contributed by atoms with Crippen LogP contribution in [-0.2, 0) is 14.9 Å². The van der Waals surface area contributed by atoms with Crippen molar-refractivity contribution in [1.82, 2.24) is 0 Å². The Hall–Kier alpha value is -2.00. The zero-order valence-corrected chi connectivity index (χ0v) is 16.7. The molecule has 0 bridgehead atoms. The predicted molar refractivity (Wildman–Crippen MR) is 110 cm³/mol. The third kappa shape index (κ3) is 3.88. The maximum Gasteiger partial charge on any atom is 0.335 e. The minimum atomic E-state index is -0.193. The van der Waals surface area contributed by atoms with Gasteiger partial charge in [0.25, 0.3) is 0 Å². The molecule has 0 amide bonds. The number of hydrogen-bond donors (Lipinski definition) is 0. The van der Waals surface area contributed by atoms with Gasteiger partial charge in [-0.2, -0.15) is 0 Å². The first-order chi connectivity index (χ1) is 12.4. The van der Waals surface area contributed by atoms with Crippen LogP contribution < -0.4 is 0 Å². The van der Waals surface area contributed by atoms with Crippen LogP contribution in [0.4, 0.5) is 0 Å². The zero-order chi connectivity index (χ0) is 18.7. The van der Waals surface area contributed by atoms with Gasteiger partial charge in [-0.3, -0.25) is 0 Å². The molecule has 3 heteroatoms. The van der Waals surface area contributed by atoms with E-state index in [-0.39, 0.29) is 17.3 Å². The zero-order valence-electron chi connectivity index (χ0n) is 15.9. The van der Waals surface area contributed by atoms with Crippen LogP contribution >= 0.6 is 11.8 Å². The van der Waals surface area contributed by atoms with E-state index in [1.165, 1.54) is 11.1 Å². The van der Waals surface area contributed by atoms with Gasteiger partial charge < -0.3 is 4.74 Å².